The Morgan fingerprint density at radius 3 is 2.12 bits per heavy atom. The van der Waals surface area contributed by atoms with Gasteiger partial charge in [0.1, 0.15) is 0 Å². The summed E-state index contributed by atoms with van der Waals surface area (Å²) in [6.45, 7) is 0. The van der Waals surface area contributed by atoms with Crippen LogP contribution in [0.2, 0.25) is 0 Å². The summed E-state index contributed by atoms with van der Waals surface area (Å²) >= 11 is 0. The highest BCUT2D eigenvalue weighted by Gasteiger charge is 2.35. The van der Waals surface area contributed by atoms with Crippen molar-refractivity contribution >= 4 is 5.91 Å². The number of carbonyl (C=O) groups excluding carboxylic acids is 1. The summed E-state index contributed by atoms with van der Waals surface area (Å²) in [7, 11) is 0. The first-order chi connectivity index (χ1) is 12.3. The maximum Gasteiger partial charge on any atom is 0.416 e. The van der Waals surface area contributed by atoms with Crippen molar-refractivity contribution < 1.29 is 23.1 Å². The zero-order valence-corrected chi connectivity index (χ0v) is 14.1. The summed E-state index contributed by atoms with van der Waals surface area (Å²) in [5.74, 6) is -0.395. The molecule has 0 spiro atoms. The number of halogens is 3. The summed E-state index contributed by atoms with van der Waals surface area (Å²) < 4.78 is 37.7. The summed E-state index contributed by atoms with van der Waals surface area (Å²) in [5.41, 5.74) is -0.606. The van der Waals surface area contributed by atoms with Crippen molar-refractivity contribution in [3.05, 3.63) is 71.3 Å². The normalized spacial score (nSPS) is 23.5. The first-order valence-corrected chi connectivity index (χ1v) is 8.54. The summed E-state index contributed by atoms with van der Waals surface area (Å²) in [6, 6.07) is 13.5. The molecule has 1 fully saturated rings. The van der Waals surface area contributed by atoms with E-state index < -0.39 is 23.2 Å². The minimum absolute atomic E-state index is 0.103. The van der Waals surface area contributed by atoms with Crippen LogP contribution in [-0.2, 0) is 11.8 Å². The maximum absolute atomic E-state index is 12.6. The second kappa shape index (κ2) is 7.11. The highest BCUT2D eigenvalue weighted by Crippen LogP contribution is 2.37. The van der Waals surface area contributed by atoms with Gasteiger partial charge in [0.2, 0.25) is 0 Å². The Bertz CT molecular complexity index is 749. The number of aliphatic hydroxyl groups is 1. The van der Waals surface area contributed by atoms with Crippen molar-refractivity contribution in [2.45, 2.75) is 43.5 Å². The van der Waals surface area contributed by atoms with Gasteiger partial charge in [-0.2, -0.15) is 13.2 Å². The molecule has 0 bridgehead atoms. The van der Waals surface area contributed by atoms with Gasteiger partial charge in [0.25, 0.3) is 5.91 Å². The van der Waals surface area contributed by atoms with E-state index in [2.05, 4.69) is 5.32 Å². The van der Waals surface area contributed by atoms with E-state index in [1.807, 2.05) is 30.3 Å². The van der Waals surface area contributed by atoms with Crippen molar-refractivity contribution in [3.8, 4) is 0 Å². The molecule has 0 atom stereocenters. The van der Waals surface area contributed by atoms with E-state index in [1.54, 1.807) is 0 Å². The number of hydrogen-bond acceptors (Lipinski definition) is 2. The van der Waals surface area contributed by atoms with Gasteiger partial charge in [-0.15, -0.1) is 0 Å². The number of amides is 1. The van der Waals surface area contributed by atoms with Gasteiger partial charge in [-0.3, -0.25) is 4.79 Å². The molecule has 1 aliphatic carbocycles. The number of carbonyl (C=O) groups is 1. The van der Waals surface area contributed by atoms with Crippen LogP contribution in [0.25, 0.3) is 0 Å². The van der Waals surface area contributed by atoms with Gasteiger partial charge in [0, 0.05) is 11.6 Å². The van der Waals surface area contributed by atoms with Crippen LogP contribution in [0.1, 0.15) is 47.2 Å². The minimum atomic E-state index is -4.42. The Balaban J connectivity index is 1.58. The highest BCUT2D eigenvalue weighted by atomic mass is 19.4. The van der Waals surface area contributed by atoms with E-state index >= 15 is 0 Å². The lowest BCUT2D eigenvalue weighted by Crippen LogP contribution is -2.42. The molecule has 0 radical (unpaired) electrons. The van der Waals surface area contributed by atoms with E-state index in [9.17, 15) is 23.1 Å². The van der Waals surface area contributed by atoms with E-state index in [4.69, 9.17) is 0 Å². The number of rotatable bonds is 3. The zero-order chi connectivity index (χ0) is 18.8. The smallest absolute Gasteiger partial charge is 0.385 e. The standard InChI is InChI=1S/C20H20F3NO2/c21-20(22,23)16-8-6-14(7-9-16)18(25)24-17-10-12-19(26,13-11-17)15-4-2-1-3-5-15/h1-9,17,26H,10-13H2,(H,24,25). The van der Waals surface area contributed by atoms with E-state index in [1.165, 1.54) is 12.1 Å². The van der Waals surface area contributed by atoms with Gasteiger partial charge in [-0.05, 0) is 55.5 Å². The Morgan fingerprint density at radius 1 is 1.00 bits per heavy atom. The molecule has 0 saturated heterocycles. The zero-order valence-electron chi connectivity index (χ0n) is 14.1. The van der Waals surface area contributed by atoms with Gasteiger partial charge >= 0.3 is 6.18 Å². The van der Waals surface area contributed by atoms with Crippen LogP contribution >= 0.6 is 0 Å². The fourth-order valence-corrected chi connectivity index (χ4v) is 3.36. The quantitative estimate of drug-likeness (QED) is 0.856. The number of hydrogen-bond donors (Lipinski definition) is 2. The van der Waals surface area contributed by atoms with Crippen LogP contribution in [0.3, 0.4) is 0 Å². The van der Waals surface area contributed by atoms with Crippen LogP contribution in [0, 0.1) is 0 Å². The monoisotopic (exact) mass is 363 g/mol. The third-order valence-corrected chi connectivity index (χ3v) is 4.93. The van der Waals surface area contributed by atoms with Crippen molar-refractivity contribution in [1.29, 1.82) is 0 Å². The lowest BCUT2D eigenvalue weighted by Gasteiger charge is -2.36. The van der Waals surface area contributed by atoms with Crippen LogP contribution < -0.4 is 5.32 Å². The van der Waals surface area contributed by atoms with Crippen molar-refractivity contribution in [2.24, 2.45) is 0 Å². The fraction of sp³-hybridized carbons (Fsp3) is 0.350. The summed E-state index contributed by atoms with van der Waals surface area (Å²) in [4.78, 5) is 12.3. The minimum Gasteiger partial charge on any atom is -0.385 e. The Labute approximate surface area is 149 Å². The van der Waals surface area contributed by atoms with E-state index in [-0.39, 0.29) is 11.6 Å². The molecule has 1 aliphatic rings. The largest absolute Gasteiger partial charge is 0.416 e. The molecule has 1 amide bonds. The predicted molar refractivity (Wildman–Crippen MR) is 91.5 cm³/mol. The molecule has 0 aliphatic heterocycles. The molecular formula is C20H20F3NO2. The maximum atomic E-state index is 12.6. The molecule has 2 aromatic rings. The second-order valence-electron chi connectivity index (χ2n) is 6.72. The predicted octanol–water partition coefficient (Wildman–Crippen LogP) is 4.27. The molecule has 26 heavy (non-hydrogen) atoms. The van der Waals surface area contributed by atoms with Crippen molar-refractivity contribution in [1.82, 2.24) is 5.32 Å². The van der Waals surface area contributed by atoms with Gasteiger partial charge < -0.3 is 10.4 Å². The fourth-order valence-electron chi connectivity index (χ4n) is 3.36. The number of alkyl halides is 3. The van der Waals surface area contributed by atoms with Crippen molar-refractivity contribution in [2.75, 3.05) is 0 Å². The van der Waals surface area contributed by atoms with Crippen LogP contribution in [0.15, 0.2) is 54.6 Å². The lowest BCUT2D eigenvalue weighted by molar-refractivity contribution is -0.137. The number of benzene rings is 2. The van der Waals surface area contributed by atoms with E-state index in [0.717, 1.165) is 17.7 Å². The average Bonchev–Trinajstić information content (AvgIpc) is 2.64. The third kappa shape index (κ3) is 4.07. The molecule has 0 unspecified atom stereocenters. The molecule has 2 N–H and O–H groups in total. The van der Waals surface area contributed by atoms with Crippen molar-refractivity contribution in [3.63, 3.8) is 0 Å². The molecule has 1 saturated carbocycles. The Hall–Kier alpha value is -2.34. The topological polar surface area (TPSA) is 49.3 Å². The average molecular weight is 363 g/mol. The SMILES string of the molecule is O=C(NC1CCC(O)(c2ccccc2)CC1)c1ccc(C(F)(F)F)cc1. The Morgan fingerprint density at radius 2 is 1.58 bits per heavy atom. The molecule has 0 aromatic heterocycles. The van der Waals surface area contributed by atoms with Gasteiger partial charge in [-0.1, -0.05) is 30.3 Å². The molecule has 3 nitrogen and oxygen atoms in total. The van der Waals surface area contributed by atoms with Gasteiger partial charge in [-0.25, -0.2) is 0 Å². The second-order valence-corrected chi connectivity index (χ2v) is 6.72. The molecular weight excluding hydrogens is 343 g/mol. The molecule has 138 valence electrons. The first kappa shape index (κ1) is 18.5. The first-order valence-electron chi connectivity index (χ1n) is 8.54. The van der Waals surface area contributed by atoms with Gasteiger partial charge in [0.05, 0.1) is 11.2 Å². The summed E-state index contributed by atoms with van der Waals surface area (Å²) in [5, 5.41) is 13.7. The number of nitrogens with one attached hydrogen (secondary N) is 1. The van der Waals surface area contributed by atoms with Crippen LogP contribution in [-0.4, -0.2) is 17.1 Å². The third-order valence-electron chi connectivity index (χ3n) is 4.93. The molecule has 3 rings (SSSR count). The van der Waals surface area contributed by atoms with Crippen LogP contribution in [0.4, 0.5) is 13.2 Å². The molecule has 6 heteroatoms. The Kier molecular flexibility index (Phi) is 5.05. The lowest BCUT2D eigenvalue weighted by atomic mass is 9.78. The van der Waals surface area contributed by atoms with E-state index in [0.29, 0.717) is 25.7 Å². The molecule has 0 heterocycles. The van der Waals surface area contributed by atoms with Gasteiger partial charge in [0.15, 0.2) is 0 Å². The highest BCUT2D eigenvalue weighted by molar-refractivity contribution is 5.94. The summed E-state index contributed by atoms with van der Waals surface area (Å²) in [6.07, 6.45) is -2.15. The van der Waals surface area contributed by atoms with Crippen LogP contribution in [0.5, 0.6) is 0 Å². The molecule has 2 aromatic carbocycles.